The highest BCUT2D eigenvalue weighted by molar-refractivity contribution is 6.18. The van der Waals surface area contributed by atoms with Gasteiger partial charge in [-0.05, 0) is 28.8 Å². The molecule has 3 aromatic carbocycles. The number of ether oxygens (including phenoxy) is 1. The lowest BCUT2D eigenvalue weighted by atomic mass is 9.89. The van der Waals surface area contributed by atoms with Crippen LogP contribution in [0.1, 0.15) is 16.7 Å². The number of hydrogen-bond donors (Lipinski definition) is 0. The lowest BCUT2D eigenvalue weighted by Crippen LogP contribution is -2.14. The summed E-state index contributed by atoms with van der Waals surface area (Å²) in [5.74, 6) is 0.897. The quantitative estimate of drug-likeness (QED) is 0.324. The van der Waals surface area contributed by atoms with Crippen molar-refractivity contribution in [1.29, 1.82) is 0 Å². The third-order valence-electron chi connectivity index (χ3n) is 4.15. The lowest BCUT2D eigenvalue weighted by molar-refractivity contribution is -0.0685. The molecule has 0 N–H and O–H groups in total. The highest BCUT2D eigenvalue weighted by Crippen LogP contribution is 2.42. The van der Waals surface area contributed by atoms with Gasteiger partial charge in [-0.15, -0.1) is 11.6 Å². The van der Waals surface area contributed by atoms with E-state index in [4.69, 9.17) is 16.3 Å². The van der Waals surface area contributed by atoms with Crippen LogP contribution < -0.4 is 4.74 Å². The van der Waals surface area contributed by atoms with E-state index >= 15 is 0 Å². The van der Waals surface area contributed by atoms with Gasteiger partial charge in [0.15, 0.2) is 0 Å². The molecule has 0 aliphatic heterocycles. The summed E-state index contributed by atoms with van der Waals surface area (Å²) in [6.45, 7) is 0.333. The molecule has 0 aliphatic carbocycles. The highest BCUT2D eigenvalue weighted by Gasteiger charge is 2.38. The maximum atomic E-state index is 14.2. The summed E-state index contributed by atoms with van der Waals surface area (Å²) in [7, 11) is 0. The summed E-state index contributed by atoms with van der Waals surface area (Å²) in [4.78, 5) is 0. The summed E-state index contributed by atoms with van der Waals surface area (Å²) in [5.41, 5.74) is 0.530. The topological polar surface area (TPSA) is 9.23 Å². The number of allylic oxidation sites excluding steroid dienone is 1. The van der Waals surface area contributed by atoms with Gasteiger partial charge in [0.1, 0.15) is 12.4 Å². The molecular weight excluding hydrogens is 385 g/mol. The summed E-state index contributed by atoms with van der Waals surface area (Å²) < 4.78 is 48.0. The summed E-state index contributed by atoms with van der Waals surface area (Å²) >= 11 is 5.62. The SMILES string of the molecule is FC(F)(F)/C(=C(\c1ccccc1)c1ccc(OCCCl)cc1)c1ccccc1. The second-order valence-electron chi connectivity index (χ2n) is 6.04. The van der Waals surface area contributed by atoms with E-state index in [1.807, 2.05) is 0 Å². The van der Waals surface area contributed by atoms with Gasteiger partial charge in [-0.2, -0.15) is 13.2 Å². The van der Waals surface area contributed by atoms with Crippen LogP contribution in [0.3, 0.4) is 0 Å². The van der Waals surface area contributed by atoms with Crippen LogP contribution in [-0.4, -0.2) is 18.7 Å². The van der Waals surface area contributed by atoms with Crippen molar-refractivity contribution in [2.24, 2.45) is 0 Å². The minimum atomic E-state index is -4.53. The van der Waals surface area contributed by atoms with Gasteiger partial charge in [0.25, 0.3) is 0 Å². The molecule has 3 aromatic rings. The summed E-state index contributed by atoms with van der Waals surface area (Å²) in [6, 6.07) is 23.0. The highest BCUT2D eigenvalue weighted by atomic mass is 35.5. The normalized spacial score (nSPS) is 12.4. The van der Waals surface area contributed by atoms with Gasteiger partial charge in [-0.1, -0.05) is 72.8 Å². The van der Waals surface area contributed by atoms with E-state index in [-0.39, 0.29) is 11.1 Å². The average molecular weight is 403 g/mol. The molecule has 0 aromatic heterocycles. The van der Waals surface area contributed by atoms with Gasteiger partial charge < -0.3 is 4.74 Å². The molecule has 0 saturated heterocycles. The zero-order chi connectivity index (χ0) is 20.0. The standard InChI is InChI=1S/C23H18ClF3O/c24-15-16-28-20-13-11-18(12-14-20)21(17-7-3-1-4-8-17)22(23(25,26)27)19-9-5-2-6-10-19/h1-14H,15-16H2/b22-21+. The van der Waals surface area contributed by atoms with Gasteiger partial charge in [0.2, 0.25) is 0 Å². The first-order chi connectivity index (χ1) is 13.5. The van der Waals surface area contributed by atoms with Gasteiger partial charge in [0.05, 0.1) is 11.5 Å². The monoisotopic (exact) mass is 402 g/mol. The zero-order valence-electron chi connectivity index (χ0n) is 14.9. The molecule has 0 amide bonds. The van der Waals surface area contributed by atoms with Crippen molar-refractivity contribution in [3.05, 3.63) is 102 Å². The summed E-state index contributed by atoms with van der Waals surface area (Å²) in [5, 5.41) is 0. The Kier molecular flexibility index (Phi) is 6.42. The van der Waals surface area contributed by atoms with Crippen LogP contribution in [-0.2, 0) is 0 Å². The van der Waals surface area contributed by atoms with Crippen molar-refractivity contribution in [1.82, 2.24) is 0 Å². The second-order valence-corrected chi connectivity index (χ2v) is 6.42. The molecule has 28 heavy (non-hydrogen) atoms. The Bertz CT molecular complexity index is 918. The molecule has 0 unspecified atom stereocenters. The summed E-state index contributed by atoms with van der Waals surface area (Å²) in [6.07, 6.45) is -4.53. The average Bonchev–Trinajstić information content (AvgIpc) is 2.71. The number of halogens is 4. The fourth-order valence-electron chi connectivity index (χ4n) is 2.99. The Labute approximate surface area is 167 Å². The van der Waals surface area contributed by atoms with Crippen LogP contribution >= 0.6 is 11.6 Å². The van der Waals surface area contributed by atoms with E-state index in [0.717, 1.165) is 0 Å². The van der Waals surface area contributed by atoms with E-state index in [1.165, 1.54) is 12.1 Å². The molecule has 0 atom stereocenters. The van der Waals surface area contributed by atoms with Gasteiger partial charge >= 0.3 is 6.18 Å². The smallest absolute Gasteiger partial charge is 0.417 e. The van der Waals surface area contributed by atoms with Crippen LogP contribution in [0, 0.1) is 0 Å². The van der Waals surface area contributed by atoms with Crippen LogP contribution in [0.25, 0.3) is 11.1 Å². The molecule has 0 aliphatic rings. The molecular formula is C23H18ClF3O. The Hall–Kier alpha value is -2.72. The third kappa shape index (κ3) is 4.76. The Morgan fingerprint density at radius 3 is 1.71 bits per heavy atom. The van der Waals surface area contributed by atoms with Crippen molar-refractivity contribution >= 4 is 22.7 Å². The number of rotatable bonds is 6. The van der Waals surface area contributed by atoms with Crippen LogP contribution in [0.15, 0.2) is 84.9 Å². The Morgan fingerprint density at radius 2 is 1.21 bits per heavy atom. The van der Waals surface area contributed by atoms with Crippen molar-refractivity contribution in [2.45, 2.75) is 6.18 Å². The molecule has 0 spiro atoms. The molecule has 0 heterocycles. The molecule has 0 bridgehead atoms. The van der Waals surface area contributed by atoms with Crippen LogP contribution in [0.2, 0.25) is 0 Å². The first kappa shape index (κ1) is 20.0. The fourth-order valence-corrected chi connectivity index (χ4v) is 3.07. The van der Waals surface area contributed by atoms with Crippen molar-refractivity contribution < 1.29 is 17.9 Å². The number of alkyl halides is 4. The first-order valence-corrected chi connectivity index (χ1v) is 9.25. The van der Waals surface area contributed by atoms with E-state index in [2.05, 4.69) is 0 Å². The Morgan fingerprint density at radius 1 is 0.714 bits per heavy atom. The number of benzene rings is 3. The maximum Gasteiger partial charge on any atom is 0.417 e. The largest absolute Gasteiger partial charge is 0.492 e. The molecule has 0 radical (unpaired) electrons. The minimum Gasteiger partial charge on any atom is -0.492 e. The van der Waals surface area contributed by atoms with E-state index in [1.54, 1.807) is 72.8 Å². The number of hydrogen-bond acceptors (Lipinski definition) is 1. The predicted octanol–water partition coefficient (Wildman–Crippen LogP) is 6.83. The fraction of sp³-hybridized carbons (Fsp3) is 0.130. The van der Waals surface area contributed by atoms with Gasteiger partial charge in [-0.3, -0.25) is 0 Å². The van der Waals surface area contributed by atoms with Gasteiger partial charge in [-0.25, -0.2) is 0 Å². The van der Waals surface area contributed by atoms with E-state index < -0.39 is 11.7 Å². The Balaban J connectivity index is 2.22. The van der Waals surface area contributed by atoms with Crippen LogP contribution in [0.5, 0.6) is 5.75 Å². The minimum absolute atomic E-state index is 0.122. The molecule has 144 valence electrons. The molecule has 3 rings (SSSR count). The second kappa shape index (κ2) is 8.98. The zero-order valence-corrected chi connectivity index (χ0v) is 15.7. The predicted molar refractivity (Wildman–Crippen MR) is 108 cm³/mol. The maximum absolute atomic E-state index is 14.2. The van der Waals surface area contributed by atoms with E-state index in [9.17, 15) is 13.2 Å². The van der Waals surface area contributed by atoms with Crippen molar-refractivity contribution in [2.75, 3.05) is 12.5 Å². The van der Waals surface area contributed by atoms with Crippen molar-refractivity contribution in [3.8, 4) is 5.75 Å². The molecule has 1 nitrogen and oxygen atoms in total. The first-order valence-electron chi connectivity index (χ1n) is 8.72. The van der Waals surface area contributed by atoms with Gasteiger partial charge in [0, 0.05) is 5.57 Å². The molecule has 0 saturated carbocycles. The van der Waals surface area contributed by atoms with Crippen molar-refractivity contribution in [3.63, 3.8) is 0 Å². The van der Waals surface area contributed by atoms with E-state index in [0.29, 0.717) is 29.4 Å². The lowest BCUT2D eigenvalue weighted by Gasteiger charge is -2.20. The third-order valence-corrected chi connectivity index (χ3v) is 4.30. The molecule has 5 heteroatoms. The molecule has 0 fully saturated rings. The van der Waals surface area contributed by atoms with Crippen LogP contribution in [0.4, 0.5) is 13.2 Å².